The minimum absolute atomic E-state index is 0.0726. The third-order valence-corrected chi connectivity index (χ3v) is 7.19. The molecule has 3 aromatic rings. The Hall–Kier alpha value is -3.43. The van der Waals surface area contributed by atoms with Gasteiger partial charge in [-0.05, 0) is 48.9 Å². The molecule has 1 amide bonds. The Morgan fingerprint density at radius 1 is 1.06 bits per heavy atom. The second-order valence-electron chi connectivity index (χ2n) is 8.27. The van der Waals surface area contributed by atoms with Crippen molar-refractivity contribution in [3.63, 3.8) is 0 Å². The van der Waals surface area contributed by atoms with E-state index in [0.29, 0.717) is 24.3 Å². The van der Waals surface area contributed by atoms with Crippen molar-refractivity contribution in [1.29, 1.82) is 0 Å². The van der Waals surface area contributed by atoms with Gasteiger partial charge in [0.25, 0.3) is 15.9 Å². The van der Waals surface area contributed by atoms with E-state index in [-0.39, 0.29) is 16.6 Å². The minimum Gasteiger partial charge on any atom is -0.495 e. The minimum atomic E-state index is -3.96. The Balaban J connectivity index is 1.47. The lowest BCUT2D eigenvalue weighted by atomic mass is 10.1. The maximum Gasteiger partial charge on any atom is 0.265 e. The molecule has 0 bridgehead atoms. The number of piperazine rings is 1. The molecule has 1 aliphatic heterocycles. The molecule has 0 aliphatic carbocycles. The molecule has 9 heteroatoms. The summed E-state index contributed by atoms with van der Waals surface area (Å²) in [5.74, 6) is -0.0204. The number of anilines is 1. The molecule has 0 radical (unpaired) electrons. The number of pyridine rings is 1. The van der Waals surface area contributed by atoms with Gasteiger partial charge < -0.3 is 9.64 Å². The highest BCUT2D eigenvalue weighted by molar-refractivity contribution is 7.92. The Bertz CT molecular complexity index is 1240. The fraction of sp³-hybridized carbons (Fsp3) is 0.280. The van der Waals surface area contributed by atoms with Crippen molar-refractivity contribution < 1.29 is 17.9 Å². The highest BCUT2D eigenvalue weighted by atomic mass is 32.2. The molecular formula is C25H28N4O4S. The third-order valence-electron chi connectivity index (χ3n) is 5.79. The number of methoxy groups -OCH3 is 1. The van der Waals surface area contributed by atoms with Crippen molar-refractivity contribution >= 4 is 21.6 Å². The lowest BCUT2D eigenvalue weighted by Crippen LogP contribution is -2.48. The topological polar surface area (TPSA) is 91.8 Å². The highest BCUT2D eigenvalue weighted by Gasteiger charge is 2.26. The number of ether oxygens (including phenoxy) is 1. The van der Waals surface area contributed by atoms with Gasteiger partial charge in [0.05, 0.1) is 7.11 Å². The summed E-state index contributed by atoms with van der Waals surface area (Å²) in [5.41, 5.74) is 2.90. The number of hydrogen-bond donors (Lipinski definition) is 1. The Morgan fingerprint density at radius 2 is 1.79 bits per heavy atom. The second-order valence-corrected chi connectivity index (χ2v) is 9.92. The molecule has 178 valence electrons. The Kier molecular flexibility index (Phi) is 7.14. The number of nitrogens with one attached hydrogen (secondary N) is 1. The summed E-state index contributed by atoms with van der Waals surface area (Å²) >= 11 is 0. The number of carbonyl (C=O) groups excluding carboxylic acids is 1. The van der Waals surface area contributed by atoms with Gasteiger partial charge in [0.1, 0.15) is 10.6 Å². The maximum atomic E-state index is 13.2. The van der Waals surface area contributed by atoms with Crippen LogP contribution < -0.4 is 9.46 Å². The number of aromatic nitrogens is 1. The average molecular weight is 481 g/mol. The monoisotopic (exact) mass is 480 g/mol. The third kappa shape index (κ3) is 5.55. The number of carbonyl (C=O) groups is 1. The first-order chi connectivity index (χ1) is 16.4. The maximum absolute atomic E-state index is 13.2. The van der Waals surface area contributed by atoms with Gasteiger partial charge in [-0.1, -0.05) is 23.8 Å². The molecule has 1 N–H and O–H groups in total. The molecule has 0 saturated carbocycles. The summed E-state index contributed by atoms with van der Waals surface area (Å²) in [4.78, 5) is 21.3. The van der Waals surface area contributed by atoms with E-state index in [4.69, 9.17) is 4.74 Å². The molecule has 0 unspecified atom stereocenters. The molecule has 2 aromatic carbocycles. The molecule has 2 heterocycles. The first kappa shape index (κ1) is 23.7. The van der Waals surface area contributed by atoms with E-state index in [1.165, 1.54) is 19.2 Å². The zero-order chi connectivity index (χ0) is 24.1. The SMILES string of the molecule is COc1ccc(C(=O)N2CCN(Cc3cccnc3)CC2)cc1S(=O)(=O)Nc1ccc(C)cc1. The fourth-order valence-electron chi connectivity index (χ4n) is 3.89. The molecule has 4 rings (SSSR count). The molecule has 34 heavy (non-hydrogen) atoms. The standard InChI is InChI=1S/C25H28N4O4S/c1-19-5-8-22(9-6-19)27-34(31,32)24-16-21(7-10-23(24)33-2)25(30)29-14-12-28(13-15-29)18-20-4-3-11-26-17-20/h3-11,16-17,27H,12-15,18H2,1-2H3. The summed E-state index contributed by atoms with van der Waals surface area (Å²) in [5, 5.41) is 0. The van der Waals surface area contributed by atoms with Gasteiger partial charge >= 0.3 is 0 Å². The second kappa shape index (κ2) is 10.2. The number of nitrogens with zero attached hydrogens (tertiary/aromatic N) is 3. The fourth-order valence-corrected chi connectivity index (χ4v) is 5.15. The van der Waals surface area contributed by atoms with E-state index >= 15 is 0 Å². The highest BCUT2D eigenvalue weighted by Crippen LogP contribution is 2.28. The zero-order valence-electron chi connectivity index (χ0n) is 19.3. The lowest BCUT2D eigenvalue weighted by molar-refractivity contribution is 0.0628. The summed E-state index contributed by atoms with van der Waals surface area (Å²) in [7, 11) is -2.55. The summed E-state index contributed by atoms with van der Waals surface area (Å²) < 4.78 is 34.1. The predicted octanol–water partition coefficient (Wildman–Crippen LogP) is 3.16. The van der Waals surface area contributed by atoms with Gasteiger partial charge in [-0.25, -0.2) is 8.42 Å². The van der Waals surface area contributed by atoms with Crippen LogP contribution in [-0.2, 0) is 16.6 Å². The van der Waals surface area contributed by atoms with Crippen LogP contribution in [0.5, 0.6) is 5.75 Å². The molecule has 1 saturated heterocycles. The van der Waals surface area contributed by atoms with Gasteiger partial charge in [-0.2, -0.15) is 0 Å². The number of hydrogen-bond acceptors (Lipinski definition) is 6. The summed E-state index contributed by atoms with van der Waals surface area (Å²) in [6, 6.07) is 15.5. The van der Waals surface area contributed by atoms with Gasteiger partial charge in [0, 0.05) is 56.4 Å². The van der Waals surface area contributed by atoms with Crippen LogP contribution in [0.25, 0.3) is 0 Å². The van der Waals surface area contributed by atoms with Crippen molar-refractivity contribution in [3.8, 4) is 5.75 Å². The normalized spacial score (nSPS) is 14.6. The quantitative estimate of drug-likeness (QED) is 0.559. The molecule has 8 nitrogen and oxygen atoms in total. The van der Waals surface area contributed by atoms with Crippen LogP contribution >= 0.6 is 0 Å². The zero-order valence-corrected chi connectivity index (χ0v) is 20.1. The van der Waals surface area contributed by atoms with Gasteiger partial charge in [-0.3, -0.25) is 19.4 Å². The Labute approximate surface area is 200 Å². The van der Waals surface area contributed by atoms with Crippen LogP contribution in [0.1, 0.15) is 21.5 Å². The van der Waals surface area contributed by atoms with Crippen molar-refractivity contribution in [2.24, 2.45) is 0 Å². The lowest BCUT2D eigenvalue weighted by Gasteiger charge is -2.34. The molecule has 1 aliphatic rings. The van der Waals surface area contributed by atoms with E-state index < -0.39 is 10.0 Å². The van der Waals surface area contributed by atoms with Gasteiger partial charge in [0.2, 0.25) is 0 Å². The molecular weight excluding hydrogens is 452 g/mol. The number of sulfonamides is 1. The van der Waals surface area contributed by atoms with E-state index in [2.05, 4.69) is 14.6 Å². The van der Waals surface area contributed by atoms with Gasteiger partial charge in [-0.15, -0.1) is 0 Å². The number of aryl methyl sites for hydroxylation is 1. The average Bonchev–Trinajstić information content (AvgIpc) is 2.85. The first-order valence-electron chi connectivity index (χ1n) is 11.0. The van der Waals surface area contributed by atoms with Crippen LogP contribution in [0.3, 0.4) is 0 Å². The van der Waals surface area contributed by atoms with Crippen LogP contribution in [0, 0.1) is 6.92 Å². The summed E-state index contributed by atoms with van der Waals surface area (Å²) in [6.45, 7) is 5.30. The first-order valence-corrected chi connectivity index (χ1v) is 12.5. The van der Waals surface area contributed by atoms with Crippen LogP contribution in [-0.4, -0.2) is 62.4 Å². The Morgan fingerprint density at radius 3 is 2.44 bits per heavy atom. The molecule has 0 atom stereocenters. The number of benzene rings is 2. The molecule has 1 fully saturated rings. The van der Waals surface area contributed by atoms with E-state index in [1.54, 1.807) is 29.3 Å². The van der Waals surface area contributed by atoms with E-state index in [1.807, 2.05) is 37.4 Å². The van der Waals surface area contributed by atoms with Crippen LogP contribution in [0.4, 0.5) is 5.69 Å². The van der Waals surface area contributed by atoms with E-state index in [0.717, 1.165) is 30.8 Å². The van der Waals surface area contributed by atoms with Crippen LogP contribution in [0.2, 0.25) is 0 Å². The van der Waals surface area contributed by atoms with Gasteiger partial charge in [0.15, 0.2) is 0 Å². The van der Waals surface area contributed by atoms with Crippen LogP contribution in [0.15, 0.2) is 71.9 Å². The predicted molar refractivity (Wildman–Crippen MR) is 130 cm³/mol. The van der Waals surface area contributed by atoms with Crippen molar-refractivity contribution in [2.75, 3.05) is 38.0 Å². The smallest absolute Gasteiger partial charge is 0.265 e. The van der Waals surface area contributed by atoms with Crippen molar-refractivity contribution in [1.82, 2.24) is 14.8 Å². The van der Waals surface area contributed by atoms with Crippen molar-refractivity contribution in [3.05, 3.63) is 83.7 Å². The largest absolute Gasteiger partial charge is 0.495 e. The molecule has 0 spiro atoms. The summed E-state index contributed by atoms with van der Waals surface area (Å²) in [6.07, 6.45) is 3.60. The van der Waals surface area contributed by atoms with Crippen molar-refractivity contribution in [2.45, 2.75) is 18.4 Å². The number of amides is 1. The number of rotatable bonds is 7. The van der Waals surface area contributed by atoms with E-state index in [9.17, 15) is 13.2 Å². The molecule has 1 aromatic heterocycles.